The van der Waals surface area contributed by atoms with E-state index in [9.17, 15) is 4.79 Å². The molecule has 0 heterocycles. The highest BCUT2D eigenvalue weighted by Crippen LogP contribution is 2.20. The second kappa shape index (κ2) is 10.2. The Bertz CT molecular complexity index is 459. The molecule has 0 bridgehead atoms. The summed E-state index contributed by atoms with van der Waals surface area (Å²) in [6, 6.07) is 8.20. The third kappa shape index (κ3) is 6.46. The van der Waals surface area contributed by atoms with Crippen LogP contribution in [0, 0.1) is 5.92 Å². The molecule has 22 heavy (non-hydrogen) atoms. The van der Waals surface area contributed by atoms with Gasteiger partial charge in [-0.1, -0.05) is 51.5 Å². The van der Waals surface area contributed by atoms with Crippen molar-refractivity contribution in [1.29, 1.82) is 0 Å². The second-order valence-corrected chi connectivity index (χ2v) is 6.22. The first-order chi connectivity index (χ1) is 10.6. The largest absolute Gasteiger partial charge is 0.326 e. The predicted molar refractivity (Wildman–Crippen MR) is 96.2 cm³/mol. The first-order valence-electron chi connectivity index (χ1n) is 8.60. The molecule has 0 saturated carbocycles. The molecule has 1 rings (SSSR count). The Balaban J connectivity index is 2.46. The summed E-state index contributed by atoms with van der Waals surface area (Å²) in [6.07, 6.45) is 9.55. The fraction of sp³-hybridized carbons (Fsp3) is 0.550. The average molecular weight is 301 g/mol. The molecule has 1 N–H and O–H groups in total. The summed E-state index contributed by atoms with van der Waals surface area (Å²) in [7, 11) is 0. The molecule has 1 atom stereocenters. The molecule has 1 unspecified atom stereocenters. The van der Waals surface area contributed by atoms with Crippen molar-refractivity contribution >= 4 is 11.6 Å². The van der Waals surface area contributed by atoms with Gasteiger partial charge < -0.3 is 5.32 Å². The monoisotopic (exact) mass is 301 g/mol. The maximum Gasteiger partial charge on any atom is 0.227 e. The number of anilines is 1. The number of hydrogen-bond acceptors (Lipinski definition) is 1. The van der Waals surface area contributed by atoms with E-state index in [1.165, 1.54) is 5.56 Å². The molecule has 2 nitrogen and oxygen atoms in total. The number of rotatable bonds is 9. The van der Waals surface area contributed by atoms with Gasteiger partial charge >= 0.3 is 0 Å². The highest BCUT2D eigenvalue weighted by atomic mass is 16.1. The van der Waals surface area contributed by atoms with E-state index < -0.39 is 0 Å². The van der Waals surface area contributed by atoms with Gasteiger partial charge in [0.05, 0.1) is 0 Å². The first kappa shape index (κ1) is 18.5. The molecule has 0 saturated heterocycles. The van der Waals surface area contributed by atoms with Crippen LogP contribution in [0.3, 0.4) is 0 Å². The SMILES string of the molecule is C/C=C/CCCCC(CC)C(=O)Nc1ccc(C(C)C)cc1. The van der Waals surface area contributed by atoms with Crippen LogP contribution in [0.5, 0.6) is 0 Å². The molecule has 1 aromatic rings. The van der Waals surface area contributed by atoms with Gasteiger partial charge in [-0.25, -0.2) is 0 Å². The van der Waals surface area contributed by atoms with Gasteiger partial charge in [0.15, 0.2) is 0 Å². The van der Waals surface area contributed by atoms with Crippen LogP contribution in [-0.4, -0.2) is 5.91 Å². The zero-order valence-corrected chi connectivity index (χ0v) is 14.6. The number of benzene rings is 1. The van der Waals surface area contributed by atoms with E-state index >= 15 is 0 Å². The lowest BCUT2D eigenvalue weighted by Gasteiger charge is -2.15. The van der Waals surface area contributed by atoms with Crippen molar-refractivity contribution in [3.05, 3.63) is 42.0 Å². The maximum atomic E-state index is 12.4. The Morgan fingerprint density at radius 2 is 1.86 bits per heavy atom. The van der Waals surface area contributed by atoms with Crippen LogP contribution in [0.1, 0.15) is 71.3 Å². The topological polar surface area (TPSA) is 29.1 Å². The smallest absolute Gasteiger partial charge is 0.227 e. The second-order valence-electron chi connectivity index (χ2n) is 6.22. The minimum Gasteiger partial charge on any atom is -0.326 e. The van der Waals surface area contributed by atoms with E-state index in [-0.39, 0.29) is 11.8 Å². The lowest BCUT2D eigenvalue weighted by atomic mass is 9.97. The predicted octanol–water partition coefficient (Wildman–Crippen LogP) is 5.91. The van der Waals surface area contributed by atoms with Crippen LogP contribution < -0.4 is 5.32 Å². The van der Waals surface area contributed by atoms with Gasteiger partial charge in [-0.2, -0.15) is 0 Å². The van der Waals surface area contributed by atoms with Gasteiger partial charge in [-0.15, -0.1) is 0 Å². The third-order valence-electron chi connectivity index (χ3n) is 4.12. The molecule has 0 aliphatic carbocycles. The van der Waals surface area contributed by atoms with Crippen molar-refractivity contribution in [2.24, 2.45) is 5.92 Å². The fourth-order valence-electron chi connectivity index (χ4n) is 2.54. The molecule has 2 heteroatoms. The van der Waals surface area contributed by atoms with Crippen molar-refractivity contribution in [3.63, 3.8) is 0 Å². The summed E-state index contributed by atoms with van der Waals surface area (Å²) in [4.78, 5) is 12.4. The number of unbranched alkanes of at least 4 members (excludes halogenated alkanes) is 2. The van der Waals surface area contributed by atoms with E-state index in [1.807, 2.05) is 19.1 Å². The highest BCUT2D eigenvalue weighted by molar-refractivity contribution is 5.92. The first-order valence-corrected chi connectivity index (χ1v) is 8.60. The van der Waals surface area contributed by atoms with Gasteiger partial charge in [0.25, 0.3) is 0 Å². The number of carbonyl (C=O) groups excluding carboxylic acids is 1. The molecule has 0 fully saturated rings. The molecule has 0 aliphatic rings. The summed E-state index contributed by atoms with van der Waals surface area (Å²) in [5.74, 6) is 0.798. The lowest BCUT2D eigenvalue weighted by molar-refractivity contribution is -0.120. The third-order valence-corrected chi connectivity index (χ3v) is 4.12. The summed E-state index contributed by atoms with van der Waals surface area (Å²) < 4.78 is 0. The Labute approximate surface area is 136 Å². The van der Waals surface area contributed by atoms with E-state index in [4.69, 9.17) is 0 Å². The molecule has 1 aromatic carbocycles. The Morgan fingerprint density at radius 1 is 1.18 bits per heavy atom. The molecule has 0 aromatic heterocycles. The highest BCUT2D eigenvalue weighted by Gasteiger charge is 2.16. The Kier molecular flexibility index (Phi) is 8.57. The number of nitrogens with one attached hydrogen (secondary N) is 1. The quantitative estimate of drug-likeness (QED) is 0.446. The van der Waals surface area contributed by atoms with E-state index in [2.05, 4.69) is 50.4 Å². The Morgan fingerprint density at radius 3 is 2.41 bits per heavy atom. The van der Waals surface area contributed by atoms with Gasteiger partial charge in [-0.3, -0.25) is 4.79 Å². The minimum absolute atomic E-state index is 0.121. The van der Waals surface area contributed by atoms with E-state index in [0.29, 0.717) is 5.92 Å². The van der Waals surface area contributed by atoms with Crippen LogP contribution in [-0.2, 0) is 4.79 Å². The number of carbonyl (C=O) groups is 1. The zero-order chi connectivity index (χ0) is 16.4. The van der Waals surface area contributed by atoms with Crippen molar-refractivity contribution in [2.45, 2.75) is 65.7 Å². The molecule has 1 amide bonds. The van der Waals surface area contributed by atoms with Crippen molar-refractivity contribution < 1.29 is 4.79 Å². The minimum atomic E-state index is 0.121. The van der Waals surface area contributed by atoms with Gasteiger partial charge in [0.2, 0.25) is 5.91 Å². The summed E-state index contributed by atoms with van der Waals surface area (Å²) in [5.41, 5.74) is 2.20. The summed E-state index contributed by atoms with van der Waals surface area (Å²) in [5, 5.41) is 3.06. The molecular formula is C20H31NO. The Hall–Kier alpha value is -1.57. The summed E-state index contributed by atoms with van der Waals surface area (Å²) >= 11 is 0. The van der Waals surface area contributed by atoms with Crippen LogP contribution in [0.2, 0.25) is 0 Å². The number of hydrogen-bond donors (Lipinski definition) is 1. The normalized spacial score (nSPS) is 12.8. The van der Waals surface area contributed by atoms with Crippen molar-refractivity contribution in [1.82, 2.24) is 0 Å². The van der Waals surface area contributed by atoms with Crippen LogP contribution in [0.15, 0.2) is 36.4 Å². The molecule has 0 aliphatic heterocycles. The van der Waals surface area contributed by atoms with E-state index in [1.54, 1.807) is 0 Å². The van der Waals surface area contributed by atoms with Crippen LogP contribution in [0.4, 0.5) is 5.69 Å². The molecular weight excluding hydrogens is 270 g/mol. The molecule has 122 valence electrons. The number of amides is 1. The molecule has 0 radical (unpaired) electrons. The van der Waals surface area contributed by atoms with Crippen molar-refractivity contribution in [2.75, 3.05) is 5.32 Å². The number of allylic oxidation sites excluding steroid dienone is 2. The van der Waals surface area contributed by atoms with Gasteiger partial charge in [0.1, 0.15) is 0 Å². The molecule has 0 spiro atoms. The lowest BCUT2D eigenvalue weighted by Crippen LogP contribution is -2.22. The van der Waals surface area contributed by atoms with Crippen LogP contribution in [0.25, 0.3) is 0 Å². The average Bonchev–Trinajstić information content (AvgIpc) is 2.51. The standard InChI is InChI=1S/C20H31NO/c1-5-7-8-9-10-11-17(6-2)20(22)21-19-14-12-18(13-15-19)16(3)4/h5,7,12-17H,6,8-11H2,1-4H3,(H,21,22)/b7-5+. The van der Waals surface area contributed by atoms with Gasteiger partial charge in [0, 0.05) is 11.6 Å². The van der Waals surface area contributed by atoms with Gasteiger partial charge in [-0.05, 0) is 56.2 Å². The summed E-state index contributed by atoms with van der Waals surface area (Å²) in [6.45, 7) is 8.49. The zero-order valence-electron chi connectivity index (χ0n) is 14.6. The fourth-order valence-corrected chi connectivity index (χ4v) is 2.54. The van der Waals surface area contributed by atoms with Crippen molar-refractivity contribution in [3.8, 4) is 0 Å². The van der Waals surface area contributed by atoms with Crippen LogP contribution >= 0.6 is 0 Å². The maximum absolute atomic E-state index is 12.4. The van der Waals surface area contributed by atoms with E-state index in [0.717, 1.165) is 37.8 Å².